The lowest BCUT2D eigenvalue weighted by atomic mass is 9.96. The Hall–Kier alpha value is -1.23. The molecule has 1 saturated carbocycles. The number of amides is 1. The average Bonchev–Trinajstić information content (AvgIpc) is 2.95. The Morgan fingerprint density at radius 1 is 1.22 bits per heavy atom. The van der Waals surface area contributed by atoms with Crippen molar-refractivity contribution in [3.8, 4) is 0 Å². The van der Waals surface area contributed by atoms with E-state index in [1.807, 2.05) is 6.92 Å². The maximum absolute atomic E-state index is 12.6. The number of carbonyl (C=O) groups excluding carboxylic acids is 2. The fourth-order valence-electron chi connectivity index (χ4n) is 3.88. The monoisotopic (exact) mass is 405 g/mol. The van der Waals surface area contributed by atoms with E-state index in [4.69, 9.17) is 9.47 Å². The van der Waals surface area contributed by atoms with Crippen molar-refractivity contribution in [2.75, 3.05) is 34.9 Å². The van der Waals surface area contributed by atoms with E-state index in [9.17, 15) is 18.0 Å². The SMILES string of the molecule is COC(=O)N1[C@H](C)C[C@H](N(C)S(=O)(=O)N(C)C)[C@@H]1COC1CCC(=O)CC1. The number of likely N-dealkylation sites (N-methyl/N-ethyl adjacent to an activating group) is 1. The highest BCUT2D eigenvalue weighted by Gasteiger charge is 2.47. The van der Waals surface area contributed by atoms with Crippen molar-refractivity contribution >= 4 is 22.1 Å². The summed E-state index contributed by atoms with van der Waals surface area (Å²) in [5, 5.41) is 0. The molecule has 0 spiro atoms. The minimum absolute atomic E-state index is 0.0467. The van der Waals surface area contributed by atoms with Crippen LogP contribution in [-0.2, 0) is 24.5 Å². The zero-order valence-corrected chi connectivity index (χ0v) is 17.6. The van der Waals surface area contributed by atoms with E-state index in [1.165, 1.54) is 32.6 Å². The molecule has 1 aliphatic heterocycles. The number of ether oxygens (including phenoxy) is 2. The van der Waals surface area contributed by atoms with E-state index in [2.05, 4.69) is 0 Å². The third kappa shape index (κ3) is 4.79. The second-order valence-electron chi connectivity index (χ2n) is 7.47. The number of Topliss-reactive ketones (excluding diaryl/α,β-unsaturated/α-hetero) is 1. The van der Waals surface area contributed by atoms with Crippen molar-refractivity contribution in [3.63, 3.8) is 0 Å². The predicted octanol–water partition coefficient (Wildman–Crippen LogP) is 0.851. The summed E-state index contributed by atoms with van der Waals surface area (Å²) in [5.74, 6) is 0.246. The standard InChI is InChI=1S/C17H31N3O6S/c1-12-10-15(19(4)27(23,24)18(2)3)16(20(12)17(22)25-5)11-26-14-8-6-13(21)7-9-14/h12,14-16H,6-11H2,1-5H3/t12-,15+,16+/m1/s1. The van der Waals surface area contributed by atoms with Gasteiger partial charge in [0.1, 0.15) is 5.78 Å². The topological polar surface area (TPSA) is 96.5 Å². The van der Waals surface area contributed by atoms with Crippen LogP contribution >= 0.6 is 0 Å². The van der Waals surface area contributed by atoms with E-state index in [0.717, 1.165) is 4.31 Å². The number of hydrogen-bond donors (Lipinski definition) is 0. The van der Waals surface area contributed by atoms with Gasteiger partial charge in [-0.15, -0.1) is 0 Å². The van der Waals surface area contributed by atoms with E-state index in [1.54, 1.807) is 4.90 Å². The molecule has 10 heteroatoms. The minimum Gasteiger partial charge on any atom is -0.453 e. The Bertz CT molecular complexity index is 643. The second kappa shape index (κ2) is 8.85. The molecule has 0 aromatic heterocycles. The quantitative estimate of drug-likeness (QED) is 0.650. The van der Waals surface area contributed by atoms with Gasteiger partial charge in [0, 0.05) is 40.0 Å². The number of ketones is 1. The van der Waals surface area contributed by atoms with Gasteiger partial charge >= 0.3 is 6.09 Å². The van der Waals surface area contributed by atoms with Gasteiger partial charge in [0.05, 0.1) is 31.9 Å². The molecule has 2 fully saturated rings. The lowest BCUT2D eigenvalue weighted by Crippen LogP contribution is -2.52. The molecule has 1 aliphatic carbocycles. The molecule has 0 aromatic carbocycles. The lowest BCUT2D eigenvalue weighted by molar-refractivity contribution is -0.123. The Balaban J connectivity index is 2.18. The summed E-state index contributed by atoms with van der Waals surface area (Å²) < 4.78 is 38.6. The summed E-state index contributed by atoms with van der Waals surface area (Å²) >= 11 is 0. The zero-order valence-electron chi connectivity index (χ0n) is 16.8. The van der Waals surface area contributed by atoms with Gasteiger partial charge in [-0.3, -0.25) is 9.69 Å². The minimum atomic E-state index is -3.64. The molecule has 9 nitrogen and oxygen atoms in total. The Labute approximate surface area is 161 Å². The predicted molar refractivity (Wildman–Crippen MR) is 99.5 cm³/mol. The Kier molecular flexibility index (Phi) is 7.23. The summed E-state index contributed by atoms with van der Waals surface area (Å²) in [7, 11) is 2.16. The maximum atomic E-state index is 12.6. The smallest absolute Gasteiger partial charge is 0.410 e. The van der Waals surface area contributed by atoms with Crippen LogP contribution in [-0.4, -0.2) is 92.9 Å². The first-order valence-electron chi connectivity index (χ1n) is 9.24. The average molecular weight is 406 g/mol. The van der Waals surface area contributed by atoms with Crippen molar-refractivity contribution < 1.29 is 27.5 Å². The molecule has 0 N–H and O–H groups in total. The molecule has 156 valence electrons. The number of methoxy groups -OCH3 is 1. The van der Waals surface area contributed by atoms with Gasteiger partial charge in [-0.1, -0.05) is 0 Å². The molecular weight excluding hydrogens is 374 g/mol. The highest BCUT2D eigenvalue weighted by molar-refractivity contribution is 7.86. The summed E-state index contributed by atoms with van der Waals surface area (Å²) in [6.45, 7) is 2.08. The van der Waals surface area contributed by atoms with Crippen molar-refractivity contribution in [1.29, 1.82) is 0 Å². The highest BCUT2D eigenvalue weighted by Crippen LogP contribution is 2.31. The van der Waals surface area contributed by atoms with Crippen molar-refractivity contribution in [1.82, 2.24) is 13.5 Å². The molecule has 0 bridgehead atoms. The van der Waals surface area contributed by atoms with Crippen LogP contribution in [0.25, 0.3) is 0 Å². The van der Waals surface area contributed by atoms with Crippen LogP contribution < -0.4 is 0 Å². The van der Waals surface area contributed by atoms with E-state index in [-0.39, 0.29) is 24.5 Å². The Morgan fingerprint density at radius 3 is 2.33 bits per heavy atom. The first-order valence-corrected chi connectivity index (χ1v) is 10.6. The van der Waals surface area contributed by atoms with E-state index in [0.29, 0.717) is 32.1 Å². The van der Waals surface area contributed by atoms with Gasteiger partial charge in [-0.05, 0) is 26.2 Å². The van der Waals surface area contributed by atoms with Gasteiger partial charge < -0.3 is 9.47 Å². The fourth-order valence-corrected chi connectivity index (χ4v) is 4.96. The van der Waals surface area contributed by atoms with Gasteiger partial charge in [-0.25, -0.2) is 4.79 Å². The van der Waals surface area contributed by atoms with E-state index >= 15 is 0 Å². The van der Waals surface area contributed by atoms with Crippen LogP contribution in [0.5, 0.6) is 0 Å². The lowest BCUT2D eigenvalue weighted by Gasteiger charge is -2.34. The molecule has 0 aromatic rings. The fraction of sp³-hybridized carbons (Fsp3) is 0.882. The normalized spacial score (nSPS) is 27.6. The van der Waals surface area contributed by atoms with Crippen molar-refractivity contribution in [2.45, 2.75) is 63.3 Å². The molecule has 2 rings (SSSR count). The molecule has 1 saturated heterocycles. The summed E-state index contributed by atoms with van der Waals surface area (Å²) in [6, 6.07) is -1.05. The number of rotatable bonds is 6. The Morgan fingerprint density at radius 2 is 1.81 bits per heavy atom. The zero-order chi connectivity index (χ0) is 20.4. The molecule has 0 radical (unpaired) electrons. The van der Waals surface area contributed by atoms with Gasteiger partial charge in [0.15, 0.2) is 0 Å². The maximum Gasteiger partial charge on any atom is 0.410 e. The number of likely N-dealkylation sites (tertiary alicyclic amines) is 1. The molecule has 1 amide bonds. The van der Waals surface area contributed by atoms with Crippen LogP contribution in [0.4, 0.5) is 4.79 Å². The summed E-state index contributed by atoms with van der Waals surface area (Å²) in [5.41, 5.74) is 0. The summed E-state index contributed by atoms with van der Waals surface area (Å²) in [6.07, 6.45) is 2.29. The van der Waals surface area contributed by atoms with Gasteiger partial charge in [0.2, 0.25) is 0 Å². The van der Waals surface area contributed by atoms with Gasteiger partial charge in [-0.2, -0.15) is 17.0 Å². The molecule has 0 unspecified atom stereocenters. The van der Waals surface area contributed by atoms with Crippen molar-refractivity contribution in [3.05, 3.63) is 0 Å². The van der Waals surface area contributed by atoms with Crippen LogP contribution in [0, 0.1) is 0 Å². The van der Waals surface area contributed by atoms with Crippen molar-refractivity contribution in [2.24, 2.45) is 0 Å². The van der Waals surface area contributed by atoms with Gasteiger partial charge in [0.25, 0.3) is 10.2 Å². The highest BCUT2D eigenvalue weighted by atomic mass is 32.2. The van der Waals surface area contributed by atoms with Crippen LogP contribution in [0.2, 0.25) is 0 Å². The van der Waals surface area contributed by atoms with Crippen LogP contribution in [0.15, 0.2) is 0 Å². The third-order valence-corrected chi connectivity index (χ3v) is 7.45. The molecule has 1 heterocycles. The van der Waals surface area contributed by atoms with E-state index < -0.39 is 28.4 Å². The summed E-state index contributed by atoms with van der Waals surface area (Å²) in [4.78, 5) is 25.3. The molecule has 27 heavy (non-hydrogen) atoms. The van der Waals surface area contributed by atoms with Crippen LogP contribution in [0.1, 0.15) is 39.0 Å². The number of nitrogens with zero attached hydrogens (tertiary/aromatic N) is 3. The second-order valence-corrected chi connectivity index (χ2v) is 9.68. The van der Waals surface area contributed by atoms with Crippen LogP contribution in [0.3, 0.4) is 0 Å². The largest absolute Gasteiger partial charge is 0.453 e. The molecule has 2 aliphatic rings. The molecule has 3 atom stereocenters. The molecular formula is C17H31N3O6S. The first kappa shape index (κ1) is 22.1. The number of carbonyl (C=O) groups is 2. The third-order valence-electron chi connectivity index (χ3n) is 5.53. The first-order chi connectivity index (χ1) is 12.6. The number of hydrogen-bond acceptors (Lipinski definition) is 6.